The lowest BCUT2D eigenvalue weighted by Gasteiger charge is -2.39. The van der Waals surface area contributed by atoms with Gasteiger partial charge >= 0.3 is 5.97 Å². The van der Waals surface area contributed by atoms with Crippen LogP contribution in [0.25, 0.3) is 0 Å². The molecule has 4 heteroatoms. The number of carbonyl (C=O) groups is 1. The van der Waals surface area contributed by atoms with Gasteiger partial charge in [0.25, 0.3) is 0 Å². The van der Waals surface area contributed by atoms with Crippen LogP contribution in [0.2, 0.25) is 0 Å². The van der Waals surface area contributed by atoms with Crippen LogP contribution in [-0.4, -0.2) is 49.2 Å². The highest BCUT2D eigenvalue weighted by molar-refractivity contribution is 5.71. The molecule has 0 spiro atoms. The molecule has 21 heavy (non-hydrogen) atoms. The minimum Gasteiger partial charge on any atom is -0.465 e. The topological polar surface area (TPSA) is 41.6 Å². The summed E-state index contributed by atoms with van der Waals surface area (Å²) in [5, 5.41) is 3.85. The molecule has 122 valence electrons. The summed E-state index contributed by atoms with van der Waals surface area (Å²) in [6, 6.07) is 1.26. The highest BCUT2D eigenvalue weighted by Gasteiger charge is 2.30. The first-order valence-corrected chi connectivity index (χ1v) is 8.85. The molecule has 1 saturated carbocycles. The monoisotopic (exact) mass is 296 g/mol. The molecule has 1 saturated heterocycles. The molecular weight excluding hydrogens is 264 g/mol. The van der Waals surface area contributed by atoms with Crippen LogP contribution in [-0.2, 0) is 9.53 Å². The van der Waals surface area contributed by atoms with Crippen LogP contribution in [0.5, 0.6) is 0 Å². The fourth-order valence-electron chi connectivity index (χ4n) is 3.99. The van der Waals surface area contributed by atoms with Crippen molar-refractivity contribution >= 4 is 5.97 Å². The molecule has 0 bridgehead atoms. The summed E-state index contributed by atoms with van der Waals surface area (Å²) < 4.78 is 5.11. The van der Waals surface area contributed by atoms with Gasteiger partial charge in [-0.3, -0.25) is 9.69 Å². The smallest absolute Gasteiger partial charge is 0.320 e. The van der Waals surface area contributed by atoms with Gasteiger partial charge in [0, 0.05) is 25.2 Å². The first-order valence-electron chi connectivity index (χ1n) is 8.85. The van der Waals surface area contributed by atoms with Gasteiger partial charge in [-0.05, 0) is 38.5 Å². The number of rotatable bonds is 7. The lowest BCUT2D eigenvalue weighted by molar-refractivity contribution is -0.145. The molecule has 1 aliphatic heterocycles. The number of hydrogen-bond donors (Lipinski definition) is 1. The molecule has 2 fully saturated rings. The van der Waals surface area contributed by atoms with Crippen molar-refractivity contribution in [3.63, 3.8) is 0 Å². The number of ether oxygens (including phenoxy) is 1. The molecule has 2 atom stereocenters. The maximum Gasteiger partial charge on any atom is 0.320 e. The highest BCUT2D eigenvalue weighted by atomic mass is 16.5. The number of nitrogens with one attached hydrogen (secondary N) is 1. The molecule has 0 aromatic rings. The predicted molar refractivity (Wildman–Crippen MR) is 85.3 cm³/mol. The van der Waals surface area contributed by atoms with Crippen molar-refractivity contribution in [2.75, 3.05) is 26.2 Å². The lowest BCUT2D eigenvalue weighted by Crippen LogP contribution is -2.52. The Morgan fingerprint density at radius 2 is 1.95 bits per heavy atom. The summed E-state index contributed by atoms with van der Waals surface area (Å²) in [4.78, 5) is 14.0. The second kappa shape index (κ2) is 8.74. The predicted octanol–water partition coefficient (Wildman–Crippen LogP) is 2.57. The van der Waals surface area contributed by atoms with E-state index < -0.39 is 0 Å². The molecular formula is C17H32N2O2. The van der Waals surface area contributed by atoms with E-state index in [-0.39, 0.29) is 5.97 Å². The van der Waals surface area contributed by atoms with Crippen molar-refractivity contribution in [2.45, 2.75) is 70.9 Å². The number of nitrogens with zero attached hydrogens (tertiary/aromatic N) is 1. The van der Waals surface area contributed by atoms with Crippen molar-refractivity contribution < 1.29 is 9.53 Å². The fraction of sp³-hybridized carbons (Fsp3) is 0.941. The van der Waals surface area contributed by atoms with E-state index in [0.29, 0.717) is 25.2 Å². The standard InChI is InChI=1S/C17H32N2O2/c1-3-7-14-10-16(18-15-8-5-6-9-15)12-19(11-14)13-17(20)21-4-2/h14-16,18H,3-13H2,1-2H3. The van der Waals surface area contributed by atoms with Gasteiger partial charge in [0.15, 0.2) is 0 Å². The Morgan fingerprint density at radius 3 is 2.62 bits per heavy atom. The normalized spacial score (nSPS) is 27.9. The van der Waals surface area contributed by atoms with E-state index >= 15 is 0 Å². The Bertz CT molecular complexity index is 316. The van der Waals surface area contributed by atoms with Crippen LogP contribution in [0.3, 0.4) is 0 Å². The molecule has 1 aliphatic carbocycles. The van der Waals surface area contributed by atoms with E-state index in [4.69, 9.17) is 4.74 Å². The Balaban J connectivity index is 1.85. The minimum atomic E-state index is -0.0748. The van der Waals surface area contributed by atoms with Crippen LogP contribution in [0, 0.1) is 5.92 Å². The largest absolute Gasteiger partial charge is 0.465 e. The zero-order valence-electron chi connectivity index (χ0n) is 13.8. The van der Waals surface area contributed by atoms with Crippen LogP contribution in [0.4, 0.5) is 0 Å². The second-order valence-corrected chi connectivity index (χ2v) is 6.73. The third-order valence-corrected chi connectivity index (χ3v) is 4.79. The number of carbonyl (C=O) groups excluding carboxylic acids is 1. The average molecular weight is 296 g/mol. The van der Waals surface area contributed by atoms with Gasteiger partial charge in [0.1, 0.15) is 0 Å². The highest BCUT2D eigenvalue weighted by Crippen LogP contribution is 2.24. The van der Waals surface area contributed by atoms with Gasteiger partial charge in [-0.15, -0.1) is 0 Å². The van der Waals surface area contributed by atoms with E-state index in [1.54, 1.807) is 0 Å². The first-order chi connectivity index (χ1) is 10.2. The summed E-state index contributed by atoms with van der Waals surface area (Å²) in [5.74, 6) is 0.645. The Hall–Kier alpha value is -0.610. The van der Waals surface area contributed by atoms with Crippen molar-refractivity contribution in [3.05, 3.63) is 0 Å². The number of piperidine rings is 1. The van der Waals surface area contributed by atoms with E-state index in [1.165, 1.54) is 44.9 Å². The van der Waals surface area contributed by atoms with Crippen LogP contribution >= 0.6 is 0 Å². The molecule has 2 unspecified atom stereocenters. The van der Waals surface area contributed by atoms with Crippen molar-refractivity contribution in [1.82, 2.24) is 10.2 Å². The third-order valence-electron chi connectivity index (χ3n) is 4.79. The Kier molecular flexibility index (Phi) is 6.97. The molecule has 0 amide bonds. The van der Waals surface area contributed by atoms with E-state index in [1.807, 2.05) is 6.92 Å². The van der Waals surface area contributed by atoms with Crippen LogP contribution in [0.15, 0.2) is 0 Å². The molecule has 0 radical (unpaired) electrons. The van der Waals surface area contributed by atoms with Gasteiger partial charge < -0.3 is 10.1 Å². The number of esters is 1. The lowest BCUT2D eigenvalue weighted by atomic mass is 9.90. The summed E-state index contributed by atoms with van der Waals surface area (Å²) in [5.41, 5.74) is 0. The van der Waals surface area contributed by atoms with Gasteiger partial charge in [0.05, 0.1) is 13.2 Å². The zero-order chi connectivity index (χ0) is 15.1. The van der Waals surface area contributed by atoms with Crippen molar-refractivity contribution in [1.29, 1.82) is 0 Å². The minimum absolute atomic E-state index is 0.0748. The molecule has 4 nitrogen and oxygen atoms in total. The molecule has 2 rings (SSSR count). The summed E-state index contributed by atoms with van der Waals surface area (Å²) in [6.07, 6.45) is 9.16. The van der Waals surface area contributed by atoms with Gasteiger partial charge in [-0.25, -0.2) is 0 Å². The summed E-state index contributed by atoms with van der Waals surface area (Å²) in [7, 11) is 0. The molecule has 1 N–H and O–H groups in total. The summed E-state index contributed by atoms with van der Waals surface area (Å²) in [6.45, 7) is 7.11. The van der Waals surface area contributed by atoms with Gasteiger partial charge in [-0.2, -0.15) is 0 Å². The maximum atomic E-state index is 11.7. The zero-order valence-corrected chi connectivity index (χ0v) is 13.8. The molecule has 1 heterocycles. The Labute approximate surface area is 129 Å². The van der Waals surface area contributed by atoms with Crippen LogP contribution in [0.1, 0.15) is 58.8 Å². The molecule has 0 aromatic carbocycles. The van der Waals surface area contributed by atoms with Crippen molar-refractivity contribution in [3.8, 4) is 0 Å². The van der Waals surface area contributed by atoms with Gasteiger partial charge in [-0.1, -0.05) is 26.2 Å². The number of likely N-dealkylation sites (tertiary alicyclic amines) is 1. The van der Waals surface area contributed by atoms with Crippen molar-refractivity contribution in [2.24, 2.45) is 5.92 Å². The van der Waals surface area contributed by atoms with E-state index in [9.17, 15) is 4.79 Å². The van der Waals surface area contributed by atoms with Crippen LogP contribution < -0.4 is 5.32 Å². The second-order valence-electron chi connectivity index (χ2n) is 6.73. The quantitative estimate of drug-likeness (QED) is 0.733. The fourth-order valence-corrected chi connectivity index (χ4v) is 3.99. The number of hydrogen-bond acceptors (Lipinski definition) is 4. The van der Waals surface area contributed by atoms with E-state index in [0.717, 1.165) is 19.0 Å². The van der Waals surface area contributed by atoms with E-state index in [2.05, 4.69) is 17.1 Å². The summed E-state index contributed by atoms with van der Waals surface area (Å²) >= 11 is 0. The third kappa shape index (κ3) is 5.59. The molecule has 2 aliphatic rings. The maximum absolute atomic E-state index is 11.7. The molecule has 0 aromatic heterocycles. The Morgan fingerprint density at radius 1 is 1.19 bits per heavy atom. The first kappa shape index (κ1) is 16.8. The SMILES string of the molecule is CCCC1CC(NC2CCCC2)CN(CC(=O)OCC)C1. The van der Waals surface area contributed by atoms with Gasteiger partial charge in [0.2, 0.25) is 0 Å². The average Bonchev–Trinajstić information content (AvgIpc) is 2.92.